The Bertz CT molecular complexity index is 353. The predicted octanol–water partition coefficient (Wildman–Crippen LogP) is 1.67. The molecule has 1 aromatic rings. The summed E-state index contributed by atoms with van der Waals surface area (Å²) in [5.74, 6) is 0.932. The lowest BCUT2D eigenvalue weighted by Crippen LogP contribution is -2.25. The van der Waals surface area contributed by atoms with Crippen LogP contribution < -0.4 is 15.0 Å². The Hall–Kier alpha value is -1.26. The van der Waals surface area contributed by atoms with E-state index in [0.717, 1.165) is 31.1 Å². The molecule has 0 bridgehead atoms. The maximum Gasteiger partial charge on any atom is 0.121 e. The van der Waals surface area contributed by atoms with Crippen LogP contribution in [-0.2, 0) is 0 Å². The number of anilines is 1. The smallest absolute Gasteiger partial charge is 0.121 e. The van der Waals surface area contributed by atoms with Crippen LogP contribution in [-0.4, -0.2) is 59.3 Å². The molecule has 1 aromatic carbocycles. The van der Waals surface area contributed by atoms with Crippen molar-refractivity contribution in [3.05, 3.63) is 24.3 Å². The second-order valence-corrected chi connectivity index (χ2v) is 5.15. The van der Waals surface area contributed by atoms with Crippen molar-refractivity contribution in [2.24, 2.45) is 0 Å². The Labute approximate surface area is 117 Å². The van der Waals surface area contributed by atoms with Crippen molar-refractivity contribution in [1.82, 2.24) is 10.2 Å². The Morgan fingerprint density at radius 3 is 2.58 bits per heavy atom. The number of benzene rings is 1. The van der Waals surface area contributed by atoms with Crippen LogP contribution in [0.5, 0.6) is 5.75 Å². The van der Waals surface area contributed by atoms with E-state index in [1.165, 1.54) is 6.42 Å². The van der Waals surface area contributed by atoms with Crippen molar-refractivity contribution in [3.8, 4) is 5.75 Å². The van der Waals surface area contributed by atoms with Crippen molar-refractivity contribution < 1.29 is 4.74 Å². The zero-order valence-corrected chi connectivity index (χ0v) is 12.6. The molecule has 0 radical (unpaired) electrons. The molecule has 108 valence electrons. The second-order valence-electron chi connectivity index (χ2n) is 5.15. The molecule has 0 heterocycles. The standard InChI is InChI=1S/C15H27N3O/c1-17(2)11-6-9-16-10-12-19-15-8-5-7-14(13-15)18(3)4/h5,7-8,13,16H,6,9-12H2,1-4H3. The molecule has 1 N–H and O–H groups in total. The molecule has 0 aromatic heterocycles. The molecule has 4 nitrogen and oxygen atoms in total. The SMILES string of the molecule is CN(C)CCCNCCOc1cccc(N(C)C)c1. The van der Waals surface area contributed by atoms with Gasteiger partial charge in [0.05, 0.1) is 0 Å². The summed E-state index contributed by atoms with van der Waals surface area (Å²) in [5.41, 5.74) is 1.16. The van der Waals surface area contributed by atoms with E-state index in [9.17, 15) is 0 Å². The fourth-order valence-corrected chi connectivity index (χ4v) is 1.74. The fraction of sp³-hybridized carbons (Fsp3) is 0.600. The minimum atomic E-state index is 0.707. The largest absolute Gasteiger partial charge is 0.492 e. The van der Waals surface area contributed by atoms with Crippen LogP contribution in [0.4, 0.5) is 5.69 Å². The van der Waals surface area contributed by atoms with Crippen LogP contribution in [0.25, 0.3) is 0 Å². The van der Waals surface area contributed by atoms with E-state index >= 15 is 0 Å². The Kier molecular flexibility index (Phi) is 7.30. The molecule has 0 aliphatic rings. The minimum absolute atomic E-state index is 0.707. The van der Waals surface area contributed by atoms with Gasteiger partial charge >= 0.3 is 0 Å². The maximum atomic E-state index is 5.72. The second kappa shape index (κ2) is 8.77. The van der Waals surface area contributed by atoms with Gasteiger partial charge in [-0.05, 0) is 45.7 Å². The molecule has 0 aliphatic heterocycles. The Balaban J connectivity index is 2.14. The summed E-state index contributed by atoms with van der Waals surface area (Å²) in [4.78, 5) is 4.28. The van der Waals surface area contributed by atoms with E-state index < -0.39 is 0 Å². The van der Waals surface area contributed by atoms with E-state index in [2.05, 4.69) is 41.3 Å². The number of nitrogens with one attached hydrogen (secondary N) is 1. The molecule has 0 aliphatic carbocycles. The normalized spacial score (nSPS) is 10.8. The Morgan fingerprint density at radius 2 is 1.89 bits per heavy atom. The van der Waals surface area contributed by atoms with Crippen LogP contribution in [0, 0.1) is 0 Å². The van der Waals surface area contributed by atoms with Crippen molar-refractivity contribution in [2.45, 2.75) is 6.42 Å². The summed E-state index contributed by atoms with van der Waals surface area (Å²) in [7, 11) is 8.26. The third-order valence-electron chi connectivity index (χ3n) is 2.84. The summed E-state index contributed by atoms with van der Waals surface area (Å²) in [5, 5.41) is 3.39. The van der Waals surface area contributed by atoms with E-state index in [1.807, 2.05) is 26.2 Å². The molecule has 0 spiro atoms. The van der Waals surface area contributed by atoms with Gasteiger partial charge in [0.15, 0.2) is 0 Å². The van der Waals surface area contributed by atoms with Gasteiger partial charge in [0.2, 0.25) is 0 Å². The van der Waals surface area contributed by atoms with Crippen LogP contribution >= 0.6 is 0 Å². The first-order chi connectivity index (χ1) is 9.09. The minimum Gasteiger partial charge on any atom is -0.492 e. The number of nitrogens with zero attached hydrogens (tertiary/aromatic N) is 2. The van der Waals surface area contributed by atoms with Gasteiger partial charge in [-0.15, -0.1) is 0 Å². The molecule has 0 atom stereocenters. The monoisotopic (exact) mass is 265 g/mol. The maximum absolute atomic E-state index is 5.72. The number of ether oxygens (including phenoxy) is 1. The first-order valence-electron chi connectivity index (χ1n) is 6.85. The molecule has 0 saturated heterocycles. The van der Waals surface area contributed by atoms with Crippen LogP contribution in [0.15, 0.2) is 24.3 Å². The highest BCUT2D eigenvalue weighted by Gasteiger charge is 1.98. The lowest BCUT2D eigenvalue weighted by atomic mass is 10.3. The van der Waals surface area contributed by atoms with Gasteiger partial charge in [0, 0.05) is 32.4 Å². The lowest BCUT2D eigenvalue weighted by Gasteiger charge is -2.14. The molecular weight excluding hydrogens is 238 g/mol. The van der Waals surface area contributed by atoms with Gasteiger partial charge in [0.25, 0.3) is 0 Å². The Morgan fingerprint density at radius 1 is 1.11 bits per heavy atom. The molecule has 1 rings (SSSR count). The van der Waals surface area contributed by atoms with Gasteiger partial charge in [-0.3, -0.25) is 0 Å². The molecule has 4 heteroatoms. The summed E-state index contributed by atoms with van der Waals surface area (Å²) in [6, 6.07) is 8.16. The molecule has 0 unspecified atom stereocenters. The molecular formula is C15H27N3O. The van der Waals surface area contributed by atoms with Gasteiger partial charge in [-0.25, -0.2) is 0 Å². The predicted molar refractivity (Wildman–Crippen MR) is 82.3 cm³/mol. The average Bonchev–Trinajstić information content (AvgIpc) is 2.37. The highest BCUT2D eigenvalue weighted by atomic mass is 16.5. The van der Waals surface area contributed by atoms with E-state index in [1.54, 1.807) is 0 Å². The summed E-state index contributed by atoms with van der Waals surface area (Å²) < 4.78 is 5.72. The molecule has 19 heavy (non-hydrogen) atoms. The van der Waals surface area contributed by atoms with Crippen molar-refractivity contribution >= 4 is 5.69 Å². The summed E-state index contributed by atoms with van der Waals surface area (Å²) >= 11 is 0. The van der Waals surface area contributed by atoms with Crippen LogP contribution in [0.1, 0.15) is 6.42 Å². The average molecular weight is 265 g/mol. The van der Waals surface area contributed by atoms with Gasteiger partial charge in [-0.1, -0.05) is 6.07 Å². The topological polar surface area (TPSA) is 27.7 Å². The quantitative estimate of drug-likeness (QED) is 0.688. The fourth-order valence-electron chi connectivity index (χ4n) is 1.74. The number of hydrogen-bond acceptors (Lipinski definition) is 4. The zero-order chi connectivity index (χ0) is 14.1. The van der Waals surface area contributed by atoms with E-state index in [4.69, 9.17) is 4.74 Å². The number of hydrogen-bond donors (Lipinski definition) is 1. The van der Waals surface area contributed by atoms with Crippen molar-refractivity contribution in [3.63, 3.8) is 0 Å². The first-order valence-corrected chi connectivity index (χ1v) is 6.85. The van der Waals surface area contributed by atoms with Gasteiger partial charge in [-0.2, -0.15) is 0 Å². The lowest BCUT2D eigenvalue weighted by molar-refractivity contribution is 0.311. The van der Waals surface area contributed by atoms with Crippen molar-refractivity contribution in [2.75, 3.05) is 59.3 Å². The van der Waals surface area contributed by atoms with E-state index in [-0.39, 0.29) is 0 Å². The third-order valence-corrected chi connectivity index (χ3v) is 2.84. The molecule has 0 fully saturated rings. The van der Waals surface area contributed by atoms with E-state index in [0.29, 0.717) is 6.61 Å². The summed E-state index contributed by atoms with van der Waals surface area (Å²) in [6.07, 6.45) is 1.17. The molecule has 0 saturated carbocycles. The van der Waals surface area contributed by atoms with Gasteiger partial charge in [0.1, 0.15) is 12.4 Å². The molecule has 0 amide bonds. The highest BCUT2D eigenvalue weighted by molar-refractivity contribution is 5.49. The van der Waals surface area contributed by atoms with Gasteiger partial charge < -0.3 is 19.9 Å². The zero-order valence-electron chi connectivity index (χ0n) is 12.6. The van der Waals surface area contributed by atoms with Crippen molar-refractivity contribution in [1.29, 1.82) is 0 Å². The number of rotatable bonds is 9. The highest BCUT2D eigenvalue weighted by Crippen LogP contribution is 2.18. The van der Waals surface area contributed by atoms with Crippen LogP contribution in [0.3, 0.4) is 0 Å². The summed E-state index contributed by atoms with van der Waals surface area (Å²) in [6.45, 7) is 3.76. The van der Waals surface area contributed by atoms with Crippen LogP contribution in [0.2, 0.25) is 0 Å². The first kappa shape index (κ1) is 15.8. The third kappa shape index (κ3) is 7.03.